The Morgan fingerprint density at radius 2 is 1.75 bits per heavy atom. The molecule has 1 aliphatic heterocycles. The number of carbonyl (C=O) groups is 1. The average Bonchev–Trinajstić information content (AvgIpc) is 3.04. The number of nitrogens with zero attached hydrogens (tertiary/aromatic N) is 3. The lowest BCUT2D eigenvalue weighted by molar-refractivity contribution is 0.0911. The van der Waals surface area contributed by atoms with Crippen molar-refractivity contribution in [3.8, 4) is 45.7 Å². The van der Waals surface area contributed by atoms with Crippen LogP contribution in [-0.4, -0.2) is 44.5 Å². The van der Waals surface area contributed by atoms with Crippen LogP contribution in [0, 0.1) is 24.1 Å². The monoisotopic (exact) mass is 596 g/mol. The number of anilines is 1. The molecule has 3 aromatic carbocycles. The number of halogens is 1. The summed E-state index contributed by atoms with van der Waals surface area (Å²) in [6.07, 6.45) is 0.0944. The number of ether oxygens (including phenoxy) is 4. The van der Waals surface area contributed by atoms with E-state index in [1.807, 2.05) is 61.5 Å². The molecule has 1 aromatic heterocycles. The lowest BCUT2D eigenvalue weighted by Gasteiger charge is -2.34. The number of primary amides is 1. The van der Waals surface area contributed by atoms with Crippen LogP contribution in [0.4, 0.5) is 15.0 Å². The van der Waals surface area contributed by atoms with E-state index in [0.717, 1.165) is 16.7 Å². The Kier molecular flexibility index (Phi) is 9.15. The lowest BCUT2D eigenvalue weighted by atomic mass is 9.94. The van der Waals surface area contributed by atoms with Crippen LogP contribution in [0.15, 0.2) is 66.7 Å². The molecule has 2 heterocycles. The Morgan fingerprint density at radius 3 is 2.39 bits per heavy atom. The van der Waals surface area contributed by atoms with Gasteiger partial charge in [0.25, 0.3) is 0 Å². The van der Waals surface area contributed by atoms with E-state index in [-0.39, 0.29) is 11.7 Å². The summed E-state index contributed by atoms with van der Waals surface area (Å²) in [5, 5.41) is 9.34. The molecular weight excluding hydrogens is 563 g/mol. The van der Waals surface area contributed by atoms with Crippen LogP contribution in [0.3, 0.4) is 0 Å². The fraction of sp³-hybridized carbons (Fsp3) is 0.265. The molecule has 1 aliphatic rings. The van der Waals surface area contributed by atoms with Gasteiger partial charge in [-0.2, -0.15) is 5.26 Å². The smallest absolute Gasteiger partial charge is 0.404 e. The first-order chi connectivity index (χ1) is 21.3. The fourth-order valence-electron chi connectivity index (χ4n) is 5.47. The van der Waals surface area contributed by atoms with Gasteiger partial charge in [0.1, 0.15) is 36.2 Å². The van der Waals surface area contributed by atoms with E-state index in [0.29, 0.717) is 72.4 Å². The number of carbonyl (C=O) groups excluding carboxylic acids is 1. The van der Waals surface area contributed by atoms with Crippen molar-refractivity contribution < 1.29 is 28.1 Å². The number of methoxy groups -OCH3 is 2. The van der Waals surface area contributed by atoms with Crippen LogP contribution in [0.1, 0.15) is 29.5 Å². The van der Waals surface area contributed by atoms with Crippen LogP contribution in [0.2, 0.25) is 0 Å². The van der Waals surface area contributed by atoms with Gasteiger partial charge in [-0.25, -0.2) is 14.2 Å². The molecule has 2 N–H and O–H groups in total. The summed E-state index contributed by atoms with van der Waals surface area (Å²) < 4.78 is 38.0. The number of pyridine rings is 1. The molecule has 9 nitrogen and oxygen atoms in total. The van der Waals surface area contributed by atoms with Crippen LogP contribution >= 0.6 is 0 Å². The molecule has 226 valence electrons. The van der Waals surface area contributed by atoms with Gasteiger partial charge in [0, 0.05) is 37.1 Å². The summed E-state index contributed by atoms with van der Waals surface area (Å²) >= 11 is 0. The van der Waals surface area contributed by atoms with Gasteiger partial charge in [0.2, 0.25) is 0 Å². The molecule has 0 radical (unpaired) electrons. The molecule has 10 heteroatoms. The average molecular weight is 597 g/mol. The SMILES string of the molecule is COc1ccc(-c2c(-c3ccc(C#N)c(F)c3)nc(N3CCC(OC(N)=O)CC3)c(C)c2OC)cc1OCc1ccccc1. The van der Waals surface area contributed by atoms with Gasteiger partial charge in [-0.15, -0.1) is 0 Å². The van der Waals surface area contributed by atoms with E-state index >= 15 is 0 Å². The number of amides is 1. The second-order valence-electron chi connectivity index (χ2n) is 10.4. The van der Waals surface area contributed by atoms with E-state index in [1.165, 1.54) is 12.1 Å². The molecule has 1 saturated heterocycles. The first kappa shape index (κ1) is 30.2. The van der Waals surface area contributed by atoms with E-state index in [1.54, 1.807) is 20.3 Å². The number of nitriles is 1. The number of hydrogen-bond acceptors (Lipinski definition) is 8. The van der Waals surface area contributed by atoms with Crippen molar-refractivity contribution in [2.45, 2.75) is 32.5 Å². The normalized spacial score (nSPS) is 13.2. The number of benzene rings is 3. The predicted molar refractivity (Wildman–Crippen MR) is 164 cm³/mol. The molecule has 0 saturated carbocycles. The zero-order valence-electron chi connectivity index (χ0n) is 24.8. The van der Waals surface area contributed by atoms with Gasteiger partial charge in [-0.05, 0) is 42.3 Å². The van der Waals surface area contributed by atoms with Crippen molar-refractivity contribution >= 4 is 11.9 Å². The van der Waals surface area contributed by atoms with Gasteiger partial charge in [-0.3, -0.25) is 0 Å². The summed E-state index contributed by atoms with van der Waals surface area (Å²) in [6.45, 7) is 3.39. The minimum atomic E-state index is -0.791. The Morgan fingerprint density at radius 1 is 1.02 bits per heavy atom. The number of aromatic nitrogens is 1. The Labute approximate surface area is 255 Å². The zero-order chi connectivity index (χ0) is 31.2. The molecule has 0 spiro atoms. The van der Waals surface area contributed by atoms with Gasteiger partial charge in [0.15, 0.2) is 11.5 Å². The molecule has 1 amide bonds. The summed E-state index contributed by atoms with van der Waals surface area (Å²) in [4.78, 5) is 18.5. The molecule has 0 unspecified atom stereocenters. The van der Waals surface area contributed by atoms with E-state index in [9.17, 15) is 14.4 Å². The van der Waals surface area contributed by atoms with E-state index in [4.69, 9.17) is 29.7 Å². The highest BCUT2D eigenvalue weighted by Gasteiger charge is 2.28. The number of nitrogens with two attached hydrogens (primary N) is 1. The highest BCUT2D eigenvalue weighted by atomic mass is 19.1. The van der Waals surface area contributed by atoms with Crippen molar-refractivity contribution in [2.24, 2.45) is 5.73 Å². The predicted octanol–water partition coefficient (Wildman–Crippen LogP) is 6.40. The van der Waals surface area contributed by atoms with Gasteiger partial charge in [0.05, 0.1) is 31.0 Å². The Balaban J connectivity index is 1.63. The topological polar surface area (TPSA) is 120 Å². The van der Waals surface area contributed by atoms with Crippen molar-refractivity contribution in [3.63, 3.8) is 0 Å². The minimum Gasteiger partial charge on any atom is -0.496 e. The number of rotatable bonds is 9. The van der Waals surface area contributed by atoms with Crippen LogP contribution < -0.4 is 24.8 Å². The fourth-order valence-corrected chi connectivity index (χ4v) is 5.47. The van der Waals surface area contributed by atoms with E-state index in [2.05, 4.69) is 4.90 Å². The van der Waals surface area contributed by atoms with Crippen LogP contribution in [-0.2, 0) is 11.3 Å². The highest BCUT2D eigenvalue weighted by molar-refractivity contribution is 5.89. The molecule has 4 aromatic rings. The van der Waals surface area contributed by atoms with Crippen molar-refractivity contribution in [2.75, 3.05) is 32.2 Å². The molecule has 5 rings (SSSR count). The maximum Gasteiger partial charge on any atom is 0.404 e. The third kappa shape index (κ3) is 6.37. The minimum absolute atomic E-state index is 0.0628. The largest absolute Gasteiger partial charge is 0.496 e. The second-order valence-corrected chi connectivity index (χ2v) is 10.4. The third-order valence-electron chi connectivity index (χ3n) is 7.64. The Bertz CT molecular complexity index is 1700. The van der Waals surface area contributed by atoms with Gasteiger partial charge >= 0.3 is 6.09 Å². The van der Waals surface area contributed by atoms with Crippen LogP contribution in [0.5, 0.6) is 17.2 Å². The first-order valence-corrected chi connectivity index (χ1v) is 14.2. The molecule has 0 aliphatic carbocycles. The maximum absolute atomic E-state index is 15.0. The standard InChI is InChI=1S/C34H33FN4O5/c1-21-32(42-3)30(23-11-12-28(41-2)29(18-23)43-20-22-7-5-4-6-8-22)31(24-9-10-25(19-36)27(35)17-24)38-33(21)39-15-13-26(14-16-39)44-34(37)40/h4-12,17-18,26H,13-16,20H2,1-3H3,(H2,37,40). The van der Waals surface area contributed by atoms with E-state index < -0.39 is 11.9 Å². The van der Waals surface area contributed by atoms with Crippen molar-refractivity contribution in [1.82, 2.24) is 4.98 Å². The summed E-state index contributed by atoms with van der Waals surface area (Å²) in [5.74, 6) is 1.65. The Hall–Kier alpha value is -5.30. The molecule has 0 atom stereocenters. The summed E-state index contributed by atoms with van der Waals surface area (Å²) in [7, 11) is 3.16. The zero-order valence-corrected chi connectivity index (χ0v) is 24.8. The second kappa shape index (κ2) is 13.3. The first-order valence-electron chi connectivity index (χ1n) is 14.2. The quantitative estimate of drug-likeness (QED) is 0.236. The molecule has 44 heavy (non-hydrogen) atoms. The summed E-state index contributed by atoms with van der Waals surface area (Å²) in [5.41, 5.74) is 9.26. The van der Waals surface area contributed by atoms with Crippen LogP contribution in [0.25, 0.3) is 22.4 Å². The number of piperidine rings is 1. The molecule has 1 fully saturated rings. The van der Waals surface area contributed by atoms with Gasteiger partial charge < -0.3 is 29.6 Å². The molecule has 0 bridgehead atoms. The third-order valence-corrected chi connectivity index (χ3v) is 7.64. The van der Waals surface area contributed by atoms with Gasteiger partial charge in [-0.1, -0.05) is 42.5 Å². The summed E-state index contributed by atoms with van der Waals surface area (Å²) in [6, 6.07) is 21.6. The highest BCUT2D eigenvalue weighted by Crippen LogP contribution is 2.46. The van der Waals surface area contributed by atoms with Crippen molar-refractivity contribution in [3.05, 3.63) is 89.2 Å². The number of hydrogen-bond donors (Lipinski definition) is 1. The van der Waals surface area contributed by atoms with Crippen molar-refractivity contribution in [1.29, 1.82) is 5.26 Å². The molecular formula is C34H33FN4O5. The maximum atomic E-state index is 15.0. The lowest BCUT2D eigenvalue weighted by Crippen LogP contribution is -2.39.